The topological polar surface area (TPSA) is 105 Å². The van der Waals surface area contributed by atoms with E-state index in [-0.39, 0.29) is 43.3 Å². The van der Waals surface area contributed by atoms with Gasteiger partial charge in [0.15, 0.2) is 0 Å². The molecular weight excluding hydrogens is 403 g/mol. The van der Waals surface area contributed by atoms with E-state index in [0.717, 1.165) is 11.1 Å². The molecule has 2 aromatic carbocycles. The van der Waals surface area contributed by atoms with Crippen molar-refractivity contribution in [1.29, 1.82) is 0 Å². The van der Waals surface area contributed by atoms with Crippen molar-refractivity contribution in [2.75, 3.05) is 18.6 Å². The lowest BCUT2D eigenvalue weighted by Crippen LogP contribution is -2.39. The summed E-state index contributed by atoms with van der Waals surface area (Å²) in [6, 6.07) is 17.0. The Hall–Kier alpha value is -2.32. The number of anilines is 1. The van der Waals surface area contributed by atoms with E-state index in [1.165, 1.54) is 0 Å². The lowest BCUT2D eigenvalue weighted by atomic mass is 10.1. The minimum Gasteiger partial charge on any atom is -0.351 e. The van der Waals surface area contributed by atoms with Gasteiger partial charge in [0.05, 0.1) is 12.2 Å². The number of nitrogens with two attached hydrogens (primary N) is 1. The van der Waals surface area contributed by atoms with Gasteiger partial charge in [0.25, 0.3) is 0 Å². The van der Waals surface area contributed by atoms with Gasteiger partial charge in [0.2, 0.25) is 5.91 Å². The number of hydrogen-bond donors (Lipinski definition) is 4. The molecule has 1 heterocycles. The van der Waals surface area contributed by atoms with Gasteiger partial charge in [-0.3, -0.25) is 4.79 Å². The van der Waals surface area contributed by atoms with Gasteiger partial charge in [-0.15, -0.1) is 24.8 Å². The Bertz CT molecular complexity index is 777. The van der Waals surface area contributed by atoms with Crippen LogP contribution in [0, 0.1) is 0 Å². The smallest absolute Gasteiger partial charge is 0.348 e. The average Bonchev–Trinajstić information content (AvgIpc) is 3.15. The number of amides is 1. The quantitative estimate of drug-likeness (QED) is 0.525. The molecule has 0 aliphatic carbocycles. The van der Waals surface area contributed by atoms with Crippen molar-refractivity contribution in [2.24, 2.45) is 5.73 Å². The van der Waals surface area contributed by atoms with Crippen LogP contribution in [0.1, 0.15) is 6.42 Å². The van der Waals surface area contributed by atoms with Gasteiger partial charge in [-0.25, -0.2) is 10.3 Å². The second kappa shape index (κ2) is 11.5. The van der Waals surface area contributed by atoms with Crippen LogP contribution in [-0.4, -0.2) is 37.0 Å². The van der Waals surface area contributed by atoms with Gasteiger partial charge in [0, 0.05) is 12.6 Å². The van der Waals surface area contributed by atoms with E-state index in [1.54, 1.807) is 0 Å². The zero-order chi connectivity index (χ0) is 18.4. The molecule has 1 amide bonds. The van der Waals surface area contributed by atoms with Crippen LogP contribution >= 0.6 is 24.8 Å². The maximum Gasteiger partial charge on any atom is 0.348 e. The molecule has 0 radical (unpaired) electrons. The minimum atomic E-state index is -0.470. The summed E-state index contributed by atoms with van der Waals surface area (Å²) in [5.41, 5.74) is 10.8. The van der Waals surface area contributed by atoms with Crippen LogP contribution in [0.2, 0.25) is 0 Å². The van der Waals surface area contributed by atoms with E-state index < -0.39 is 12.0 Å². The highest BCUT2D eigenvalue weighted by molar-refractivity contribution is 5.85. The molecule has 28 heavy (non-hydrogen) atoms. The molecule has 1 fully saturated rings. The van der Waals surface area contributed by atoms with Gasteiger partial charge in [-0.05, 0) is 29.7 Å². The Morgan fingerprint density at radius 1 is 1.07 bits per heavy atom. The van der Waals surface area contributed by atoms with E-state index in [1.807, 2.05) is 54.6 Å². The molecule has 1 aliphatic heterocycles. The fourth-order valence-electron chi connectivity index (χ4n) is 2.89. The number of halogens is 2. The summed E-state index contributed by atoms with van der Waals surface area (Å²) >= 11 is 0. The Morgan fingerprint density at radius 2 is 1.79 bits per heavy atom. The summed E-state index contributed by atoms with van der Waals surface area (Å²) < 4.78 is 0. The van der Waals surface area contributed by atoms with Crippen LogP contribution in [-0.2, 0) is 14.4 Å². The molecule has 0 bridgehead atoms. The molecule has 9 heteroatoms. The molecule has 2 aromatic rings. The predicted octanol–water partition coefficient (Wildman–Crippen LogP) is 1.87. The summed E-state index contributed by atoms with van der Waals surface area (Å²) in [6.45, 7) is 0.444. The summed E-state index contributed by atoms with van der Waals surface area (Å²) in [4.78, 5) is 28.7. The molecule has 152 valence electrons. The second-order valence-electron chi connectivity index (χ2n) is 6.14. The normalized spacial score (nSPS) is 17.6. The molecule has 5 N–H and O–H groups in total. The van der Waals surface area contributed by atoms with E-state index in [0.29, 0.717) is 18.7 Å². The molecular formula is C19H24Cl2N4O3. The van der Waals surface area contributed by atoms with Crippen molar-refractivity contribution >= 4 is 42.4 Å². The van der Waals surface area contributed by atoms with Gasteiger partial charge in [-0.1, -0.05) is 42.5 Å². The van der Waals surface area contributed by atoms with E-state index in [4.69, 9.17) is 10.6 Å². The number of carbonyl (C=O) groups excluding carboxylic acids is 2. The van der Waals surface area contributed by atoms with Crippen LogP contribution in [0.25, 0.3) is 11.1 Å². The summed E-state index contributed by atoms with van der Waals surface area (Å²) in [6.07, 6.45) is 0.469. The third-order valence-electron chi connectivity index (χ3n) is 4.21. The average molecular weight is 427 g/mol. The number of nitrogens with one attached hydrogen (secondary N) is 3. The van der Waals surface area contributed by atoms with Crippen molar-refractivity contribution < 1.29 is 14.4 Å². The SMILES string of the molecule is Cl.Cl.NCC(=O)NC1CN[C@@H](C(=O)ONc2cccc(-c3ccccc3)c2)C1. The number of carbonyl (C=O) groups is 2. The van der Waals surface area contributed by atoms with Crippen molar-refractivity contribution in [3.8, 4) is 11.1 Å². The molecule has 1 unspecified atom stereocenters. The fraction of sp³-hybridized carbons (Fsp3) is 0.263. The first-order valence-corrected chi connectivity index (χ1v) is 8.50. The van der Waals surface area contributed by atoms with Gasteiger partial charge < -0.3 is 21.2 Å². The molecule has 2 atom stereocenters. The molecule has 7 nitrogen and oxygen atoms in total. The third-order valence-corrected chi connectivity index (χ3v) is 4.21. The van der Waals surface area contributed by atoms with E-state index in [9.17, 15) is 9.59 Å². The zero-order valence-corrected chi connectivity index (χ0v) is 16.7. The minimum absolute atomic E-state index is 0. The van der Waals surface area contributed by atoms with Crippen LogP contribution in [0.15, 0.2) is 54.6 Å². The Labute approximate surface area is 176 Å². The molecule has 0 saturated carbocycles. The van der Waals surface area contributed by atoms with Crippen LogP contribution < -0.4 is 21.8 Å². The highest BCUT2D eigenvalue weighted by atomic mass is 35.5. The Morgan fingerprint density at radius 3 is 2.50 bits per heavy atom. The van der Waals surface area contributed by atoms with Crippen molar-refractivity contribution in [3.63, 3.8) is 0 Å². The number of rotatable bonds is 6. The van der Waals surface area contributed by atoms with Crippen LogP contribution in [0.5, 0.6) is 0 Å². The van der Waals surface area contributed by atoms with Gasteiger partial charge in [-0.2, -0.15) is 0 Å². The van der Waals surface area contributed by atoms with Crippen LogP contribution in [0.4, 0.5) is 5.69 Å². The van der Waals surface area contributed by atoms with E-state index in [2.05, 4.69) is 16.1 Å². The van der Waals surface area contributed by atoms with E-state index >= 15 is 0 Å². The van der Waals surface area contributed by atoms with Crippen molar-refractivity contribution in [3.05, 3.63) is 54.6 Å². The molecule has 1 saturated heterocycles. The fourth-order valence-corrected chi connectivity index (χ4v) is 2.89. The van der Waals surface area contributed by atoms with Crippen molar-refractivity contribution in [2.45, 2.75) is 18.5 Å². The first kappa shape index (κ1) is 23.7. The maximum atomic E-state index is 12.2. The first-order valence-electron chi connectivity index (χ1n) is 8.50. The third kappa shape index (κ3) is 6.38. The standard InChI is InChI=1S/C19H22N4O3.2ClH/c20-11-18(24)22-16-10-17(21-12-16)19(25)26-23-15-8-4-7-14(9-15)13-5-2-1-3-6-13;;/h1-9,16-17,21,23H,10-12,20H2,(H,22,24);2*1H/t16?,17-;;/m1../s1. The summed E-state index contributed by atoms with van der Waals surface area (Å²) in [5.74, 6) is -0.652. The lowest BCUT2D eigenvalue weighted by Gasteiger charge is -2.13. The second-order valence-corrected chi connectivity index (χ2v) is 6.14. The first-order chi connectivity index (χ1) is 12.7. The molecule has 0 spiro atoms. The number of benzene rings is 2. The zero-order valence-electron chi connectivity index (χ0n) is 15.1. The highest BCUT2D eigenvalue weighted by Crippen LogP contribution is 2.22. The van der Waals surface area contributed by atoms with Gasteiger partial charge >= 0.3 is 5.97 Å². The van der Waals surface area contributed by atoms with Crippen LogP contribution in [0.3, 0.4) is 0 Å². The maximum absolute atomic E-state index is 12.2. The Balaban J connectivity index is 0.00000196. The molecule has 0 aromatic heterocycles. The van der Waals surface area contributed by atoms with Crippen molar-refractivity contribution in [1.82, 2.24) is 10.6 Å². The summed E-state index contributed by atoms with van der Waals surface area (Å²) in [5, 5.41) is 5.80. The lowest BCUT2D eigenvalue weighted by molar-refractivity contribution is -0.142. The summed E-state index contributed by atoms with van der Waals surface area (Å²) in [7, 11) is 0. The molecule has 3 rings (SSSR count). The largest absolute Gasteiger partial charge is 0.351 e. The van der Waals surface area contributed by atoms with Gasteiger partial charge in [0.1, 0.15) is 6.04 Å². The number of hydrogen-bond acceptors (Lipinski definition) is 6. The molecule has 1 aliphatic rings. The monoisotopic (exact) mass is 426 g/mol. The Kier molecular flexibility index (Phi) is 9.75. The highest BCUT2D eigenvalue weighted by Gasteiger charge is 2.31. The predicted molar refractivity (Wildman–Crippen MR) is 113 cm³/mol.